The third kappa shape index (κ3) is 6.14. The van der Waals surface area contributed by atoms with Crippen LogP contribution in [-0.4, -0.2) is 33.5 Å². The minimum Gasteiger partial charge on any atom is -0.382 e. The zero-order valence-electron chi connectivity index (χ0n) is 12.1. The average molecular weight is 269 g/mol. The number of benzene rings is 1. The van der Waals surface area contributed by atoms with Gasteiger partial charge in [0, 0.05) is 20.3 Å². The summed E-state index contributed by atoms with van der Waals surface area (Å²) in [5.41, 5.74) is 2.54. The normalized spacial score (nSPS) is 10.9. The van der Waals surface area contributed by atoms with E-state index in [4.69, 9.17) is 9.47 Å². The monoisotopic (exact) mass is 269 g/mol. The number of aryl methyl sites for hydroxylation is 2. The second kappa shape index (κ2) is 9.02. The van der Waals surface area contributed by atoms with Crippen LogP contribution in [0.5, 0.6) is 0 Å². The summed E-state index contributed by atoms with van der Waals surface area (Å²) in [6.45, 7) is 7.28. The topological polar surface area (TPSA) is 30.5 Å². The summed E-state index contributed by atoms with van der Waals surface area (Å²) in [4.78, 5) is 0. The van der Waals surface area contributed by atoms with Crippen LogP contribution in [0.2, 0.25) is 0 Å². The molecule has 0 radical (unpaired) electrons. The number of hydrogen-bond acceptors (Lipinski definition) is 3. The minimum absolute atomic E-state index is 0.102. The molecule has 0 heterocycles. The fourth-order valence-corrected chi connectivity index (χ4v) is 1.91. The molecule has 0 bridgehead atoms. The molecule has 0 unspecified atom stereocenters. The molecular weight excluding hydrogens is 245 g/mol. The van der Waals surface area contributed by atoms with Gasteiger partial charge in [-0.1, -0.05) is 12.1 Å². The summed E-state index contributed by atoms with van der Waals surface area (Å²) in [6, 6.07) is 3.79. The second-order valence-electron chi connectivity index (χ2n) is 4.68. The molecule has 0 atom stereocenters. The maximum atomic E-state index is 13.5. The highest BCUT2D eigenvalue weighted by Crippen LogP contribution is 2.14. The molecule has 0 aliphatic rings. The molecule has 0 amide bonds. The van der Waals surface area contributed by atoms with Crippen molar-refractivity contribution in [1.29, 1.82) is 0 Å². The molecule has 0 aliphatic carbocycles. The largest absolute Gasteiger partial charge is 0.382 e. The Morgan fingerprint density at radius 3 is 2.42 bits per heavy atom. The Labute approximate surface area is 115 Å². The van der Waals surface area contributed by atoms with Gasteiger partial charge < -0.3 is 14.8 Å². The van der Waals surface area contributed by atoms with E-state index in [1.54, 1.807) is 21.0 Å². The molecule has 1 rings (SSSR count). The summed E-state index contributed by atoms with van der Waals surface area (Å²) in [5, 5.41) is 3.33. The van der Waals surface area contributed by atoms with Gasteiger partial charge >= 0.3 is 0 Å². The Kier molecular flexibility index (Phi) is 7.63. The number of methoxy groups -OCH3 is 1. The average Bonchev–Trinajstić information content (AvgIpc) is 2.39. The number of hydrogen-bond donors (Lipinski definition) is 1. The Morgan fingerprint density at radius 1 is 1.11 bits per heavy atom. The smallest absolute Gasteiger partial charge is 0.129 e. The Balaban J connectivity index is 2.16. The first-order valence-corrected chi connectivity index (χ1v) is 6.68. The zero-order chi connectivity index (χ0) is 14.1. The maximum absolute atomic E-state index is 13.5. The van der Waals surface area contributed by atoms with E-state index in [0.29, 0.717) is 24.3 Å². The zero-order valence-corrected chi connectivity index (χ0v) is 12.1. The number of rotatable bonds is 9. The Hall–Kier alpha value is -0.970. The van der Waals surface area contributed by atoms with E-state index in [9.17, 15) is 4.39 Å². The van der Waals surface area contributed by atoms with Crippen LogP contribution in [0.3, 0.4) is 0 Å². The van der Waals surface area contributed by atoms with Gasteiger partial charge in [-0.2, -0.15) is 0 Å². The van der Waals surface area contributed by atoms with Crippen molar-refractivity contribution in [3.05, 3.63) is 34.6 Å². The van der Waals surface area contributed by atoms with Crippen molar-refractivity contribution in [3.8, 4) is 0 Å². The SMILES string of the molecule is COCCOCCCNCc1cc(C)c(F)c(C)c1. The molecule has 19 heavy (non-hydrogen) atoms. The van der Waals surface area contributed by atoms with Crippen molar-refractivity contribution in [2.24, 2.45) is 0 Å². The number of ether oxygens (including phenoxy) is 2. The molecule has 1 N–H and O–H groups in total. The lowest BCUT2D eigenvalue weighted by Crippen LogP contribution is -2.17. The van der Waals surface area contributed by atoms with Crippen LogP contribution in [0.25, 0.3) is 0 Å². The fourth-order valence-electron chi connectivity index (χ4n) is 1.91. The quantitative estimate of drug-likeness (QED) is 0.699. The van der Waals surface area contributed by atoms with Gasteiger partial charge in [0.25, 0.3) is 0 Å². The second-order valence-corrected chi connectivity index (χ2v) is 4.68. The van der Waals surface area contributed by atoms with Crippen LogP contribution in [-0.2, 0) is 16.0 Å². The van der Waals surface area contributed by atoms with Gasteiger partial charge in [-0.05, 0) is 43.5 Å². The molecule has 0 saturated carbocycles. The molecular formula is C15H24FNO2. The van der Waals surface area contributed by atoms with Gasteiger partial charge in [0.1, 0.15) is 5.82 Å². The molecule has 1 aromatic rings. The Bertz CT molecular complexity index is 359. The third-order valence-electron chi connectivity index (χ3n) is 2.90. The predicted octanol–water partition coefficient (Wildman–Crippen LogP) is 2.59. The third-order valence-corrected chi connectivity index (χ3v) is 2.90. The van der Waals surface area contributed by atoms with Gasteiger partial charge in [-0.15, -0.1) is 0 Å². The lowest BCUT2D eigenvalue weighted by Gasteiger charge is -2.08. The molecule has 0 aliphatic heterocycles. The van der Waals surface area contributed by atoms with Crippen LogP contribution in [0.15, 0.2) is 12.1 Å². The van der Waals surface area contributed by atoms with Gasteiger partial charge in [0.05, 0.1) is 13.2 Å². The molecule has 0 fully saturated rings. The van der Waals surface area contributed by atoms with Crippen molar-refractivity contribution in [2.75, 3.05) is 33.5 Å². The van der Waals surface area contributed by atoms with E-state index < -0.39 is 0 Å². The summed E-state index contributed by atoms with van der Waals surface area (Å²) in [7, 11) is 1.66. The van der Waals surface area contributed by atoms with E-state index in [1.807, 2.05) is 12.1 Å². The molecule has 0 aromatic heterocycles. The first-order chi connectivity index (χ1) is 9.15. The highest BCUT2D eigenvalue weighted by atomic mass is 19.1. The molecule has 0 saturated heterocycles. The fraction of sp³-hybridized carbons (Fsp3) is 0.600. The van der Waals surface area contributed by atoms with Gasteiger partial charge in [-0.25, -0.2) is 4.39 Å². The van der Waals surface area contributed by atoms with Crippen LogP contribution < -0.4 is 5.32 Å². The minimum atomic E-state index is -0.102. The Morgan fingerprint density at radius 2 is 1.79 bits per heavy atom. The number of nitrogens with one attached hydrogen (secondary N) is 1. The van der Waals surface area contributed by atoms with Gasteiger partial charge in [0.15, 0.2) is 0 Å². The molecule has 108 valence electrons. The van der Waals surface area contributed by atoms with E-state index in [0.717, 1.165) is 31.7 Å². The summed E-state index contributed by atoms with van der Waals surface area (Å²) < 4.78 is 23.7. The summed E-state index contributed by atoms with van der Waals surface area (Å²) in [5.74, 6) is -0.102. The van der Waals surface area contributed by atoms with Crippen molar-refractivity contribution in [1.82, 2.24) is 5.32 Å². The van der Waals surface area contributed by atoms with E-state index in [-0.39, 0.29) is 5.82 Å². The van der Waals surface area contributed by atoms with Crippen LogP contribution in [0.1, 0.15) is 23.1 Å². The summed E-state index contributed by atoms with van der Waals surface area (Å²) in [6.07, 6.45) is 0.961. The highest BCUT2D eigenvalue weighted by molar-refractivity contribution is 5.30. The molecule has 1 aromatic carbocycles. The maximum Gasteiger partial charge on any atom is 0.129 e. The first kappa shape index (κ1) is 16.1. The van der Waals surface area contributed by atoms with E-state index in [2.05, 4.69) is 5.32 Å². The highest BCUT2D eigenvalue weighted by Gasteiger charge is 2.03. The van der Waals surface area contributed by atoms with Crippen molar-refractivity contribution >= 4 is 0 Å². The summed E-state index contributed by atoms with van der Waals surface area (Å²) >= 11 is 0. The van der Waals surface area contributed by atoms with Crippen LogP contribution >= 0.6 is 0 Å². The lowest BCUT2D eigenvalue weighted by molar-refractivity contribution is 0.0695. The number of halogens is 1. The first-order valence-electron chi connectivity index (χ1n) is 6.68. The molecule has 4 heteroatoms. The van der Waals surface area contributed by atoms with Crippen LogP contribution in [0, 0.1) is 19.7 Å². The molecule has 3 nitrogen and oxygen atoms in total. The predicted molar refractivity (Wildman–Crippen MR) is 74.9 cm³/mol. The van der Waals surface area contributed by atoms with E-state index >= 15 is 0 Å². The lowest BCUT2D eigenvalue weighted by atomic mass is 10.1. The standard InChI is InChI=1S/C15H24FNO2/c1-12-9-14(10-13(2)15(12)16)11-17-5-4-6-19-8-7-18-3/h9-10,17H,4-8,11H2,1-3H3. The molecule has 0 spiro atoms. The van der Waals surface area contributed by atoms with Crippen LogP contribution in [0.4, 0.5) is 4.39 Å². The van der Waals surface area contributed by atoms with Crippen molar-refractivity contribution < 1.29 is 13.9 Å². The van der Waals surface area contributed by atoms with Crippen molar-refractivity contribution in [2.45, 2.75) is 26.8 Å². The van der Waals surface area contributed by atoms with E-state index in [1.165, 1.54) is 0 Å². The van der Waals surface area contributed by atoms with Gasteiger partial charge in [-0.3, -0.25) is 0 Å². The van der Waals surface area contributed by atoms with Crippen molar-refractivity contribution in [3.63, 3.8) is 0 Å². The van der Waals surface area contributed by atoms with Gasteiger partial charge in [0.2, 0.25) is 0 Å².